The standard InChI is InChI=1S/C20H22O6/c1-3-8-12(4-2)18-22-11-14(23-18)16-15(21)17-20(24-16)26-19(25-17)13-9-6-5-7-10-13/h3-10,14-21H,1-2,11H2/b12-8+. The SMILES string of the molecule is C=C/C=C(\C=C)C1OCC(C2OC3OC(c4ccccc4)OC3C2O)O1. The van der Waals surface area contributed by atoms with Gasteiger partial charge in [-0.2, -0.15) is 0 Å². The molecule has 6 heteroatoms. The fourth-order valence-electron chi connectivity index (χ4n) is 3.43. The number of benzene rings is 1. The first-order valence-electron chi connectivity index (χ1n) is 8.62. The lowest BCUT2D eigenvalue weighted by molar-refractivity contribution is -0.191. The molecule has 0 spiro atoms. The zero-order chi connectivity index (χ0) is 18.1. The molecule has 0 amide bonds. The number of allylic oxidation sites excluding steroid dienone is 2. The average molecular weight is 358 g/mol. The smallest absolute Gasteiger partial charge is 0.190 e. The molecule has 0 bridgehead atoms. The molecule has 1 aromatic rings. The quantitative estimate of drug-likeness (QED) is 0.815. The van der Waals surface area contributed by atoms with Crippen LogP contribution in [0, 0.1) is 0 Å². The van der Waals surface area contributed by atoms with Crippen LogP contribution in [0.15, 0.2) is 67.3 Å². The first-order valence-corrected chi connectivity index (χ1v) is 8.62. The summed E-state index contributed by atoms with van der Waals surface area (Å²) >= 11 is 0. The Balaban J connectivity index is 1.39. The predicted molar refractivity (Wildman–Crippen MR) is 92.9 cm³/mol. The van der Waals surface area contributed by atoms with Crippen LogP contribution in [0.4, 0.5) is 0 Å². The lowest BCUT2D eigenvalue weighted by atomic mass is 10.1. The van der Waals surface area contributed by atoms with Crippen LogP contribution in [0.5, 0.6) is 0 Å². The molecule has 4 rings (SSSR count). The Morgan fingerprint density at radius 2 is 1.85 bits per heavy atom. The Bertz CT molecular complexity index is 687. The second kappa shape index (κ2) is 7.44. The van der Waals surface area contributed by atoms with E-state index in [-0.39, 0.29) is 0 Å². The molecule has 0 radical (unpaired) electrons. The molecule has 3 heterocycles. The van der Waals surface area contributed by atoms with Gasteiger partial charge in [-0.1, -0.05) is 61.7 Å². The van der Waals surface area contributed by atoms with Gasteiger partial charge in [0, 0.05) is 11.1 Å². The Labute approximate surface area is 152 Å². The third-order valence-corrected chi connectivity index (χ3v) is 4.74. The molecular weight excluding hydrogens is 336 g/mol. The highest BCUT2D eigenvalue weighted by molar-refractivity contribution is 5.24. The molecule has 1 N–H and O–H groups in total. The zero-order valence-electron chi connectivity index (χ0n) is 14.3. The zero-order valence-corrected chi connectivity index (χ0v) is 14.3. The van der Waals surface area contributed by atoms with Gasteiger partial charge in [-0.05, 0) is 0 Å². The predicted octanol–water partition coefficient (Wildman–Crippen LogP) is 2.23. The highest BCUT2D eigenvalue weighted by Gasteiger charge is 2.55. The normalized spacial score (nSPS) is 39.7. The van der Waals surface area contributed by atoms with Gasteiger partial charge in [0.1, 0.15) is 24.4 Å². The largest absolute Gasteiger partial charge is 0.387 e. The van der Waals surface area contributed by atoms with Crippen LogP contribution in [-0.2, 0) is 23.7 Å². The van der Waals surface area contributed by atoms with E-state index in [1.165, 1.54) is 0 Å². The van der Waals surface area contributed by atoms with Gasteiger partial charge in [-0.25, -0.2) is 0 Å². The minimum atomic E-state index is -0.864. The van der Waals surface area contributed by atoms with Gasteiger partial charge in [-0.15, -0.1) is 0 Å². The van der Waals surface area contributed by atoms with E-state index in [1.54, 1.807) is 18.2 Å². The van der Waals surface area contributed by atoms with Crippen molar-refractivity contribution in [3.05, 3.63) is 72.9 Å². The lowest BCUT2D eigenvalue weighted by Crippen LogP contribution is -2.40. The lowest BCUT2D eigenvalue weighted by Gasteiger charge is -2.23. The van der Waals surface area contributed by atoms with Crippen LogP contribution in [0.25, 0.3) is 0 Å². The van der Waals surface area contributed by atoms with Crippen molar-refractivity contribution >= 4 is 0 Å². The van der Waals surface area contributed by atoms with Gasteiger partial charge in [-0.3, -0.25) is 0 Å². The number of hydrogen-bond donors (Lipinski definition) is 1. The summed E-state index contributed by atoms with van der Waals surface area (Å²) in [5, 5.41) is 10.7. The van der Waals surface area contributed by atoms with Crippen LogP contribution < -0.4 is 0 Å². The van der Waals surface area contributed by atoms with Crippen molar-refractivity contribution in [2.24, 2.45) is 0 Å². The number of rotatable bonds is 5. The Morgan fingerprint density at radius 1 is 1.04 bits per heavy atom. The van der Waals surface area contributed by atoms with E-state index >= 15 is 0 Å². The molecule has 3 aliphatic rings. The maximum absolute atomic E-state index is 10.7. The molecule has 0 aromatic heterocycles. The van der Waals surface area contributed by atoms with Gasteiger partial charge < -0.3 is 28.8 Å². The molecule has 0 aliphatic carbocycles. The Kier molecular flexibility index (Phi) is 5.04. The second-order valence-electron chi connectivity index (χ2n) is 6.39. The van der Waals surface area contributed by atoms with E-state index in [9.17, 15) is 5.11 Å². The van der Waals surface area contributed by atoms with E-state index in [0.29, 0.717) is 6.61 Å². The van der Waals surface area contributed by atoms with Gasteiger partial charge in [0.2, 0.25) is 0 Å². The van der Waals surface area contributed by atoms with E-state index in [2.05, 4.69) is 13.2 Å². The van der Waals surface area contributed by atoms with E-state index in [4.69, 9.17) is 23.7 Å². The maximum Gasteiger partial charge on any atom is 0.190 e. The second-order valence-corrected chi connectivity index (χ2v) is 6.39. The highest BCUT2D eigenvalue weighted by Crippen LogP contribution is 2.41. The summed E-state index contributed by atoms with van der Waals surface area (Å²) in [5.41, 5.74) is 1.66. The molecule has 26 heavy (non-hydrogen) atoms. The first kappa shape index (κ1) is 17.6. The van der Waals surface area contributed by atoms with Crippen molar-refractivity contribution in [1.82, 2.24) is 0 Å². The average Bonchev–Trinajstić information content (AvgIpc) is 3.37. The minimum Gasteiger partial charge on any atom is -0.387 e. The van der Waals surface area contributed by atoms with E-state index in [1.807, 2.05) is 30.3 Å². The molecule has 0 saturated carbocycles. The van der Waals surface area contributed by atoms with E-state index in [0.717, 1.165) is 11.1 Å². The monoisotopic (exact) mass is 358 g/mol. The molecule has 3 saturated heterocycles. The van der Waals surface area contributed by atoms with Gasteiger partial charge in [0.05, 0.1) is 6.61 Å². The van der Waals surface area contributed by atoms with Gasteiger partial charge in [0.15, 0.2) is 18.9 Å². The van der Waals surface area contributed by atoms with Crippen molar-refractivity contribution in [1.29, 1.82) is 0 Å². The topological polar surface area (TPSA) is 66.4 Å². The molecule has 7 unspecified atom stereocenters. The highest BCUT2D eigenvalue weighted by atomic mass is 16.8. The molecule has 3 fully saturated rings. The molecule has 1 aromatic carbocycles. The van der Waals surface area contributed by atoms with Crippen molar-refractivity contribution in [3.63, 3.8) is 0 Å². The van der Waals surface area contributed by atoms with Gasteiger partial charge in [0.25, 0.3) is 0 Å². The third-order valence-electron chi connectivity index (χ3n) is 4.74. The third kappa shape index (κ3) is 3.16. The first-order chi connectivity index (χ1) is 12.7. The summed E-state index contributed by atoms with van der Waals surface area (Å²) in [5.74, 6) is 0. The van der Waals surface area contributed by atoms with Crippen LogP contribution in [0.1, 0.15) is 11.9 Å². The maximum atomic E-state index is 10.7. The molecule has 7 atom stereocenters. The molecule has 3 aliphatic heterocycles. The summed E-state index contributed by atoms with van der Waals surface area (Å²) < 4.78 is 29.1. The van der Waals surface area contributed by atoms with Crippen molar-refractivity contribution in [2.75, 3.05) is 6.61 Å². The summed E-state index contributed by atoms with van der Waals surface area (Å²) in [4.78, 5) is 0. The fraction of sp³-hybridized carbons (Fsp3) is 0.400. The molecule has 138 valence electrons. The number of ether oxygens (including phenoxy) is 5. The molecular formula is C20H22O6. The van der Waals surface area contributed by atoms with Crippen LogP contribution in [-0.4, -0.2) is 48.7 Å². The summed E-state index contributed by atoms with van der Waals surface area (Å²) in [6, 6.07) is 9.57. The van der Waals surface area contributed by atoms with Crippen LogP contribution in [0.2, 0.25) is 0 Å². The van der Waals surface area contributed by atoms with Crippen LogP contribution >= 0.6 is 0 Å². The number of hydrogen-bond acceptors (Lipinski definition) is 6. The van der Waals surface area contributed by atoms with E-state index < -0.39 is 43.3 Å². The summed E-state index contributed by atoms with van der Waals surface area (Å²) in [6.07, 6.45) is 0.927. The van der Waals surface area contributed by atoms with Crippen molar-refractivity contribution in [2.45, 2.75) is 43.3 Å². The fourth-order valence-corrected chi connectivity index (χ4v) is 3.43. The van der Waals surface area contributed by atoms with Crippen LogP contribution in [0.3, 0.4) is 0 Å². The number of aliphatic hydroxyl groups excluding tert-OH is 1. The Morgan fingerprint density at radius 3 is 2.54 bits per heavy atom. The van der Waals surface area contributed by atoms with Crippen molar-refractivity contribution in [3.8, 4) is 0 Å². The summed E-state index contributed by atoms with van der Waals surface area (Å²) in [7, 11) is 0. The van der Waals surface area contributed by atoms with Gasteiger partial charge >= 0.3 is 0 Å². The number of aliphatic hydroxyl groups is 1. The number of fused-ring (bicyclic) bond motifs is 1. The minimum absolute atomic E-state index is 0.302. The van der Waals surface area contributed by atoms with Crippen molar-refractivity contribution < 1.29 is 28.8 Å². The Hall–Kier alpha value is -1.80. The molecule has 6 nitrogen and oxygen atoms in total. The summed E-state index contributed by atoms with van der Waals surface area (Å²) in [6.45, 7) is 7.72.